The summed E-state index contributed by atoms with van der Waals surface area (Å²) in [5.74, 6) is -0.0681. The van der Waals surface area contributed by atoms with Crippen LogP contribution in [0.2, 0.25) is 0 Å². The number of aliphatic hydroxyl groups is 2. The van der Waals surface area contributed by atoms with Crippen LogP contribution in [-0.4, -0.2) is 34.9 Å². The molecule has 1 amide bonds. The first-order valence-electron chi connectivity index (χ1n) is 20.6. The lowest BCUT2D eigenvalue weighted by Crippen LogP contribution is -2.45. The highest BCUT2D eigenvalue weighted by molar-refractivity contribution is 5.76. The molecular weight excluding hydrogens is 566 g/mol. The van der Waals surface area contributed by atoms with Crippen molar-refractivity contribution in [3.05, 3.63) is 24.3 Å². The minimum absolute atomic E-state index is 0.0681. The van der Waals surface area contributed by atoms with Crippen LogP contribution in [0, 0.1) is 0 Å². The summed E-state index contributed by atoms with van der Waals surface area (Å²) in [5.41, 5.74) is 0. The first-order valence-corrected chi connectivity index (χ1v) is 20.6. The van der Waals surface area contributed by atoms with Gasteiger partial charge in [-0.15, -0.1) is 0 Å². The van der Waals surface area contributed by atoms with E-state index >= 15 is 0 Å². The Kier molecular flexibility index (Phi) is 37.4. The number of amides is 1. The number of unbranched alkanes of at least 4 members (excludes halogenated alkanes) is 28. The number of carbonyl (C=O) groups is 1. The molecule has 0 aliphatic carbocycles. The number of carbonyl (C=O) groups excluding carboxylic acids is 1. The number of aliphatic hydroxyl groups excluding tert-OH is 2. The fraction of sp³-hybridized carbons (Fsp3) is 0.881. The van der Waals surface area contributed by atoms with E-state index in [1.807, 2.05) is 6.08 Å². The van der Waals surface area contributed by atoms with Gasteiger partial charge in [-0.1, -0.05) is 192 Å². The first-order chi connectivity index (χ1) is 22.7. The van der Waals surface area contributed by atoms with Gasteiger partial charge >= 0.3 is 0 Å². The van der Waals surface area contributed by atoms with Crippen molar-refractivity contribution in [1.29, 1.82) is 0 Å². The van der Waals surface area contributed by atoms with Crippen molar-refractivity contribution < 1.29 is 15.0 Å². The van der Waals surface area contributed by atoms with Crippen LogP contribution in [0.5, 0.6) is 0 Å². The van der Waals surface area contributed by atoms with Crippen LogP contribution >= 0.6 is 0 Å². The molecule has 2 unspecified atom stereocenters. The molecule has 0 bridgehead atoms. The Hall–Kier alpha value is -1.13. The van der Waals surface area contributed by atoms with Crippen LogP contribution in [0.1, 0.15) is 219 Å². The zero-order valence-corrected chi connectivity index (χ0v) is 31.1. The molecule has 0 aromatic heterocycles. The Morgan fingerprint density at radius 2 is 0.826 bits per heavy atom. The summed E-state index contributed by atoms with van der Waals surface area (Å²) in [6.45, 7) is 4.29. The quantitative estimate of drug-likeness (QED) is 0.0464. The Balaban J connectivity index is 3.51. The molecule has 0 aliphatic rings. The average Bonchev–Trinajstić information content (AvgIpc) is 3.06. The van der Waals surface area contributed by atoms with Gasteiger partial charge in [-0.05, 0) is 44.9 Å². The Labute approximate surface area is 288 Å². The van der Waals surface area contributed by atoms with E-state index in [1.54, 1.807) is 6.08 Å². The molecule has 0 rings (SSSR count). The third kappa shape index (κ3) is 34.2. The molecule has 0 heterocycles. The van der Waals surface area contributed by atoms with E-state index in [4.69, 9.17) is 0 Å². The van der Waals surface area contributed by atoms with E-state index in [2.05, 4.69) is 31.3 Å². The van der Waals surface area contributed by atoms with Crippen molar-refractivity contribution in [2.45, 2.75) is 231 Å². The summed E-state index contributed by atoms with van der Waals surface area (Å²) < 4.78 is 0. The molecular formula is C42H81NO3. The summed E-state index contributed by atoms with van der Waals surface area (Å²) in [4.78, 5) is 12.3. The molecule has 0 saturated heterocycles. The summed E-state index contributed by atoms with van der Waals surface area (Å²) in [6.07, 6.45) is 48.6. The third-order valence-corrected chi connectivity index (χ3v) is 9.43. The van der Waals surface area contributed by atoms with E-state index < -0.39 is 12.1 Å². The van der Waals surface area contributed by atoms with Crippen molar-refractivity contribution in [2.24, 2.45) is 0 Å². The number of allylic oxidation sites excluding steroid dienone is 3. The Morgan fingerprint density at radius 3 is 1.20 bits per heavy atom. The SMILES string of the molecule is CCCCCCCCCC/C=C/C(O)C(CO)NC(=O)CCCCCCCCCC/C=C\CCCCCCCCCCCCCC. The maximum absolute atomic E-state index is 12.3. The van der Waals surface area contributed by atoms with Crippen LogP contribution in [0.25, 0.3) is 0 Å². The molecule has 46 heavy (non-hydrogen) atoms. The minimum Gasteiger partial charge on any atom is -0.394 e. The highest BCUT2D eigenvalue weighted by Gasteiger charge is 2.17. The van der Waals surface area contributed by atoms with E-state index in [9.17, 15) is 15.0 Å². The normalized spacial score (nSPS) is 13.2. The van der Waals surface area contributed by atoms with Gasteiger partial charge in [0.05, 0.1) is 18.8 Å². The van der Waals surface area contributed by atoms with Gasteiger partial charge in [0, 0.05) is 6.42 Å². The third-order valence-electron chi connectivity index (χ3n) is 9.43. The predicted molar refractivity (Wildman–Crippen MR) is 202 cm³/mol. The van der Waals surface area contributed by atoms with Crippen LogP contribution in [0.4, 0.5) is 0 Å². The number of hydrogen-bond donors (Lipinski definition) is 3. The minimum atomic E-state index is -0.835. The highest BCUT2D eigenvalue weighted by atomic mass is 16.3. The van der Waals surface area contributed by atoms with Crippen LogP contribution in [0.3, 0.4) is 0 Å². The fourth-order valence-corrected chi connectivity index (χ4v) is 6.23. The monoisotopic (exact) mass is 648 g/mol. The summed E-state index contributed by atoms with van der Waals surface area (Å²) in [6, 6.07) is -0.619. The van der Waals surface area contributed by atoms with Crippen molar-refractivity contribution >= 4 is 5.91 Å². The molecule has 0 saturated carbocycles. The van der Waals surface area contributed by atoms with E-state index in [1.165, 1.54) is 173 Å². The lowest BCUT2D eigenvalue weighted by Gasteiger charge is -2.20. The molecule has 0 aliphatic heterocycles. The Bertz CT molecular complexity index is 661. The second-order valence-electron chi connectivity index (χ2n) is 14.1. The molecule has 0 fully saturated rings. The van der Waals surface area contributed by atoms with Crippen molar-refractivity contribution in [3.8, 4) is 0 Å². The molecule has 272 valence electrons. The van der Waals surface area contributed by atoms with Gasteiger partial charge in [0.2, 0.25) is 5.91 Å². The van der Waals surface area contributed by atoms with Gasteiger partial charge in [-0.2, -0.15) is 0 Å². The van der Waals surface area contributed by atoms with Crippen LogP contribution in [0.15, 0.2) is 24.3 Å². The van der Waals surface area contributed by atoms with Crippen LogP contribution in [-0.2, 0) is 4.79 Å². The Morgan fingerprint density at radius 1 is 0.500 bits per heavy atom. The summed E-state index contributed by atoms with van der Waals surface area (Å²) in [7, 11) is 0. The molecule has 0 radical (unpaired) electrons. The fourth-order valence-electron chi connectivity index (χ4n) is 6.23. The lowest BCUT2D eigenvalue weighted by atomic mass is 10.0. The average molecular weight is 648 g/mol. The van der Waals surface area contributed by atoms with E-state index in [-0.39, 0.29) is 12.5 Å². The topological polar surface area (TPSA) is 69.6 Å². The molecule has 0 aromatic rings. The van der Waals surface area contributed by atoms with Gasteiger partial charge in [-0.25, -0.2) is 0 Å². The standard InChI is InChI=1S/C42H81NO3/c1-3-5-7-9-11-13-15-16-17-18-19-20-21-22-23-24-25-26-27-28-30-32-34-36-38-42(46)43-40(39-44)41(45)37-35-33-31-29-14-12-10-8-6-4-2/h22-23,35,37,40-41,44-45H,3-21,24-34,36,38-39H2,1-2H3,(H,43,46)/b23-22-,37-35+. The van der Waals surface area contributed by atoms with E-state index in [0.29, 0.717) is 6.42 Å². The molecule has 3 N–H and O–H groups in total. The van der Waals surface area contributed by atoms with Crippen molar-refractivity contribution in [1.82, 2.24) is 5.32 Å². The highest BCUT2D eigenvalue weighted by Crippen LogP contribution is 2.14. The van der Waals surface area contributed by atoms with E-state index in [0.717, 1.165) is 25.7 Å². The largest absolute Gasteiger partial charge is 0.394 e. The molecule has 0 aromatic carbocycles. The lowest BCUT2D eigenvalue weighted by molar-refractivity contribution is -0.123. The second-order valence-corrected chi connectivity index (χ2v) is 14.1. The maximum atomic E-state index is 12.3. The molecule has 2 atom stereocenters. The molecule has 4 nitrogen and oxygen atoms in total. The second kappa shape index (κ2) is 38.3. The number of hydrogen-bond acceptors (Lipinski definition) is 3. The summed E-state index contributed by atoms with van der Waals surface area (Å²) in [5, 5.41) is 22.9. The summed E-state index contributed by atoms with van der Waals surface area (Å²) >= 11 is 0. The van der Waals surface area contributed by atoms with Crippen molar-refractivity contribution in [2.75, 3.05) is 6.61 Å². The van der Waals surface area contributed by atoms with Gasteiger partial charge in [-0.3, -0.25) is 4.79 Å². The smallest absolute Gasteiger partial charge is 0.220 e. The molecule has 4 heteroatoms. The van der Waals surface area contributed by atoms with Gasteiger partial charge in [0.15, 0.2) is 0 Å². The zero-order chi connectivity index (χ0) is 33.6. The number of nitrogens with one attached hydrogen (secondary N) is 1. The van der Waals surface area contributed by atoms with Gasteiger partial charge < -0.3 is 15.5 Å². The number of rotatable bonds is 37. The maximum Gasteiger partial charge on any atom is 0.220 e. The zero-order valence-electron chi connectivity index (χ0n) is 31.1. The van der Waals surface area contributed by atoms with Crippen molar-refractivity contribution in [3.63, 3.8) is 0 Å². The predicted octanol–water partition coefficient (Wildman–Crippen LogP) is 12.5. The first kappa shape index (κ1) is 44.9. The molecule has 0 spiro atoms. The van der Waals surface area contributed by atoms with Gasteiger partial charge in [0.25, 0.3) is 0 Å². The van der Waals surface area contributed by atoms with Gasteiger partial charge in [0.1, 0.15) is 0 Å². The van der Waals surface area contributed by atoms with Crippen LogP contribution < -0.4 is 5.32 Å².